The number of benzene rings is 2. The molecule has 8 heteroatoms. The highest BCUT2D eigenvalue weighted by atomic mass is 35.5. The van der Waals surface area contributed by atoms with Crippen LogP contribution < -0.4 is 10.0 Å². The number of amides is 1. The van der Waals surface area contributed by atoms with Crippen LogP contribution in [0.2, 0.25) is 5.02 Å². The van der Waals surface area contributed by atoms with E-state index in [0.29, 0.717) is 22.0 Å². The molecule has 0 spiro atoms. The van der Waals surface area contributed by atoms with Crippen LogP contribution in [0.15, 0.2) is 78.0 Å². The number of hydrogen-bond donors (Lipinski definition) is 2. The Labute approximate surface area is 155 Å². The number of sulfonamides is 1. The van der Waals surface area contributed by atoms with Crippen LogP contribution in [0.3, 0.4) is 0 Å². The lowest BCUT2D eigenvalue weighted by Crippen LogP contribution is -2.14. The van der Waals surface area contributed by atoms with Crippen LogP contribution in [0.4, 0.5) is 11.4 Å². The van der Waals surface area contributed by atoms with Gasteiger partial charge in [-0.1, -0.05) is 11.6 Å². The van der Waals surface area contributed by atoms with Gasteiger partial charge in [0.2, 0.25) is 0 Å². The SMILES string of the molecule is O=C(Nc1ccncc1)c1ccc(S(=O)(=O)Nc2ccc(Cl)cc2)cc1. The van der Waals surface area contributed by atoms with Crippen molar-refractivity contribution < 1.29 is 13.2 Å². The average molecular weight is 388 g/mol. The number of nitrogens with one attached hydrogen (secondary N) is 2. The normalized spacial score (nSPS) is 11.0. The summed E-state index contributed by atoms with van der Waals surface area (Å²) in [6.07, 6.45) is 3.13. The molecule has 26 heavy (non-hydrogen) atoms. The van der Waals surface area contributed by atoms with E-state index in [4.69, 9.17) is 11.6 Å². The zero-order valence-corrected chi connectivity index (χ0v) is 15.0. The molecule has 0 saturated heterocycles. The molecule has 2 aromatic carbocycles. The van der Waals surface area contributed by atoms with Crippen molar-refractivity contribution in [1.29, 1.82) is 0 Å². The van der Waals surface area contributed by atoms with Crippen molar-refractivity contribution in [3.8, 4) is 0 Å². The maximum Gasteiger partial charge on any atom is 0.261 e. The lowest BCUT2D eigenvalue weighted by molar-refractivity contribution is 0.102. The van der Waals surface area contributed by atoms with E-state index < -0.39 is 10.0 Å². The molecule has 1 heterocycles. The molecule has 2 N–H and O–H groups in total. The summed E-state index contributed by atoms with van der Waals surface area (Å²) in [5, 5.41) is 3.22. The van der Waals surface area contributed by atoms with Crippen LogP contribution in [-0.2, 0) is 10.0 Å². The summed E-state index contributed by atoms with van der Waals surface area (Å²) >= 11 is 5.79. The van der Waals surface area contributed by atoms with Gasteiger partial charge < -0.3 is 5.32 Å². The predicted octanol–water partition coefficient (Wildman–Crippen LogP) is 3.79. The van der Waals surface area contributed by atoms with Gasteiger partial charge in [0.05, 0.1) is 4.90 Å². The van der Waals surface area contributed by atoms with Crippen molar-refractivity contribution in [2.24, 2.45) is 0 Å². The Balaban J connectivity index is 1.73. The summed E-state index contributed by atoms with van der Waals surface area (Å²) in [5.74, 6) is -0.342. The fourth-order valence-corrected chi connectivity index (χ4v) is 3.34. The van der Waals surface area contributed by atoms with Crippen LogP contribution in [0, 0.1) is 0 Å². The number of rotatable bonds is 5. The monoisotopic (exact) mass is 387 g/mol. The standard InChI is InChI=1S/C18H14ClN3O3S/c19-14-3-5-16(6-4-14)22-26(24,25)17-7-1-13(2-8-17)18(23)21-15-9-11-20-12-10-15/h1-12,22H,(H,20,21,23). The van der Waals surface area contributed by atoms with Gasteiger partial charge in [-0.15, -0.1) is 0 Å². The zero-order valence-electron chi connectivity index (χ0n) is 13.4. The lowest BCUT2D eigenvalue weighted by atomic mass is 10.2. The van der Waals surface area contributed by atoms with Crippen molar-refractivity contribution in [2.75, 3.05) is 10.0 Å². The molecule has 132 valence electrons. The number of carbonyl (C=O) groups excluding carboxylic acids is 1. The highest BCUT2D eigenvalue weighted by molar-refractivity contribution is 7.92. The first-order valence-corrected chi connectivity index (χ1v) is 9.40. The fraction of sp³-hybridized carbons (Fsp3) is 0. The second-order valence-corrected chi connectivity index (χ2v) is 7.45. The largest absolute Gasteiger partial charge is 0.322 e. The van der Waals surface area contributed by atoms with Crippen LogP contribution in [0.25, 0.3) is 0 Å². The molecular weight excluding hydrogens is 374 g/mol. The van der Waals surface area contributed by atoms with Gasteiger partial charge >= 0.3 is 0 Å². The van der Waals surface area contributed by atoms with E-state index >= 15 is 0 Å². The third-order valence-electron chi connectivity index (χ3n) is 3.46. The van der Waals surface area contributed by atoms with Crippen molar-refractivity contribution in [1.82, 2.24) is 4.98 Å². The Hall–Kier alpha value is -2.90. The van der Waals surface area contributed by atoms with Gasteiger partial charge in [-0.2, -0.15) is 0 Å². The molecule has 0 aliphatic rings. The van der Waals surface area contributed by atoms with E-state index in [9.17, 15) is 13.2 Å². The van der Waals surface area contributed by atoms with Crippen LogP contribution >= 0.6 is 11.6 Å². The summed E-state index contributed by atoms with van der Waals surface area (Å²) in [4.78, 5) is 16.1. The maximum absolute atomic E-state index is 12.4. The molecular formula is C18H14ClN3O3S. The minimum atomic E-state index is -3.76. The van der Waals surface area contributed by atoms with Crippen LogP contribution in [0.5, 0.6) is 0 Å². The minimum Gasteiger partial charge on any atom is -0.322 e. The molecule has 0 saturated carbocycles. The molecule has 1 aromatic heterocycles. The Morgan fingerprint density at radius 3 is 2.08 bits per heavy atom. The van der Waals surface area contributed by atoms with Gasteiger partial charge in [0.15, 0.2) is 0 Å². The third-order valence-corrected chi connectivity index (χ3v) is 5.11. The number of carbonyl (C=O) groups is 1. The first kappa shape index (κ1) is 17.9. The second kappa shape index (κ2) is 7.55. The molecule has 0 unspecified atom stereocenters. The first-order valence-electron chi connectivity index (χ1n) is 7.54. The van der Waals surface area contributed by atoms with Gasteiger partial charge in [0, 0.05) is 34.4 Å². The number of nitrogens with zero attached hydrogens (tertiary/aromatic N) is 1. The number of aromatic nitrogens is 1. The lowest BCUT2D eigenvalue weighted by Gasteiger charge is -2.09. The van der Waals surface area contributed by atoms with E-state index in [-0.39, 0.29) is 10.8 Å². The Kier molecular flexibility index (Phi) is 5.20. The summed E-state index contributed by atoms with van der Waals surface area (Å²) in [6.45, 7) is 0. The molecule has 0 radical (unpaired) electrons. The summed E-state index contributed by atoms with van der Waals surface area (Å²) in [6, 6.07) is 15.3. The molecule has 3 aromatic rings. The first-order chi connectivity index (χ1) is 12.4. The van der Waals surface area contributed by atoms with E-state index in [1.807, 2.05) is 0 Å². The van der Waals surface area contributed by atoms with Gasteiger partial charge in [0.25, 0.3) is 15.9 Å². The molecule has 0 aliphatic carbocycles. The number of halogens is 1. The Morgan fingerprint density at radius 1 is 0.846 bits per heavy atom. The minimum absolute atomic E-state index is 0.0490. The predicted molar refractivity (Wildman–Crippen MR) is 101 cm³/mol. The number of anilines is 2. The highest BCUT2D eigenvalue weighted by Gasteiger charge is 2.15. The molecule has 0 fully saturated rings. The molecule has 1 amide bonds. The van der Waals surface area contributed by atoms with Gasteiger partial charge in [0.1, 0.15) is 0 Å². The summed E-state index contributed by atoms with van der Waals surface area (Å²) < 4.78 is 27.3. The highest BCUT2D eigenvalue weighted by Crippen LogP contribution is 2.19. The third kappa shape index (κ3) is 4.38. The number of pyridine rings is 1. The molecule has 0 bridgehead atoms. The van der Waals surface area contributed by atoms with E-state index in [1.54, 1.807) is 48.8 Å². The van der Waals surface area contributed by atoms with E-state index in [1.165, 1.54) is 24.3 Å². The van der Waals surface area contributed by atoms with E-state index in [2.05, 4.69) is 15.0 Å². The van der Waals surface area contributed by atoms with Gasteiger partial charge in [-0.3, -0.25) is 14.5 Å². The van der Waals surface area contributed by atoms with Crippen molar-refractivity contribution in [2.45, 2.75) is 4.90 Å². The smallest absolute Gasteiger partial charge is 0.261 e. The maximum atomic E-state index is 12.4. The second-order valence-electron chi connectivity index (χ2n) is 5.33. The van der Waals surface area contributed by atoms with Crippen LogP contribution in [0.1, 0.15) is 10.4 Å². The Bertz CT molecular complexity index is 1010. The molecule has 3 rings (SSSR count). The quantitative estimate of drug-likeness (QED) is 0.697. The summed E-state index contributed by atoms with van der Waals surface area (Å²) in [5.41, 5.74) is 1.34. The molecule has 6 nitrogen and oxygen atoms in total. The van der Waals surface area contributed by atoms with E-state index in [0.717, 1.165) is 0 Å². The zero-order chi connectivity index (χ0) is 18.6. The van der Waals surface area contributed by atoms with Crippen molar-refractivity contribution in [3.63, 3.8) is 0 Å². The average Bonchev–Trinajstić information content (AvgIpc) is 2.64. The van der Waals surface area contributed by atoms with Crippen LogP contribution in [-0.4, -0.2) is 19.3 Å². The van der Waals surface area contributed by atoms with Gasteiger partial charge in [-0.05, 0) is 60.7 Å². The molecule has 0 atom stereocenters. The Morgan fingerprint density at radius 2 is 1.46 bits per heavy atom. The number of hydrogen-bond acceptors (Lipinski definition) is 4. The summed E-state index contributed by atoms with van der Waals surface area (Å²) in [7, 11) is -3.76. The van der Waals surface area contributed by atoms with Crippen molar-refractivity contribution >= 4 is 38.9 Å². The fourth-order valence-electron chi connectivity index (χ4n) is 2.16. The molecule has 0 aliphatic heterocycles. The van der Waals surface area contributed by atoms with Crippen molar-refractivity contribution in [3.05, 3.63) is 83.6 Å². The topological polar surface area (TPSA) is 88.2 Å². The van der Waals surface area contributed by atoms with Gasteiger partial charge in [-0.25, -0.2) is 8.42 Å².